The molecule has 2 heterocycles. The maximum Gasteiger partial charge on any atom is 0.360 e. The van der Waals surface area contributed by atoms with Gasteiger partial charge in [-0.15, -0.1) is 0 Å². The molecule has 0 radical (unpaired) electrons. The number of dihydropyridines is 1. The van der Waals surface area contributed by atoms with Crippen molar-refractivity contribution in [1.82, 2.24) is 5.32 Å². The minimum Gasteiger partial charge on any atom is -0.478 e. The molecule has 0 spiro atoms. The standard InChI is InChI=1S/C19H23N2O7P/c1-11-15(18(22)23)16(13-6-5-7-14(8-13)21(24)25)17(12(2)20-11)29(26)27-9-19(3,4)10-28-29/h5-8,16,20H,9-10H2,1-4H3,(H,22,23)/t16-/m0/s1. The van der Waals surface area contributed by atoms with Crippen molar-refractivity contribution in [2.45, 2.75) is 33.6 Å². The summed E-state index contributed by atoms with van der Waals surface area (Å²) >= 11 is 0. The molecule has 1 aromatic carbocycles. The number of benzene rings is 1. The molecule has 1 aromatic rings. The highest BCUT2D eigenvalue weighted by atomic mass is 31.2. The second-order valence-electron chi connectivity index (χ2n) is 7.97. The van der Waals surface area contributed by atoms with E-state index in [0.717, 1.165) is 0 Å². The van der Waals surface area contributed by atoms with Crippen molar-refractivity contribution < 1.29 is 28.4 Å². The van der Waals surface area contributed by atoms with Crippen LogP contribution in [0.4, 0.5) is 5.69 Å². The van der Waals surface area contributed by atoms with Crippen molar-refractivity contribution >= 4 is 19.3 Å². The third kappa shape index (κ3) is 3.99. The van der Waals surface area contributed by atoms with Crippen LogP contribution in [0.15, 0.2) is 46.5 Å². The van der Waals surface area contributed by atoms with E-state index in [-0.39, 0.29) is 35.2 Å². The number of nitrogens with zero attached hydrogens (tertiary/aromatic N) is 1. The summed E-state index contributed by atoms with van der Waals surface area (Å²) in [5.41, 5.74) is 0.557. The van der Waals surface area contributed by atoms with Gasteiger partial charge >= 0.3 is 13.6 Å². The van der Waals surface area contributed by atoms with Crippen molar-refractivity contribution in [3.8, 4) is 0 Å². The Kier molecular flexibility index (Phi) is 5.42. The first-order valence-corrected chi connectivity index (χ1v) is 10.6. The molecule has 9 nitrogen and oxygen atoms in total. The zero-order chi connectivity index (χ0) is 21.6. The maximum atomic E-state index is 13.7. The van der Waals surface area contributed by atoms with Gasteiger partial charge < -0.3 is 19.5 Å². The lowest BCUT2D eigenvalue weighted by Crippen LogP contribution is -2.33. The van der Waals surface area contributed by atoms with Gasteiger partial charge in [0.15, 0.2) is 0 Å². The van der Waals surface area contributed by atoms with Gasteiger partial charge in [0.25, 0.3) is 5.69 Å². The Morgan fingerprint density at radius 3 is 2.45 bits per heavy atom. The van der Waals surface area contributed by atoms with Gasteiger partial charge in [0, 0.05) is 28.9 Å². The molecule has 0 unspecified atom stereocenters. The third-order valence-corrected chi connectivity index (χ3v) is 7.04. The van der Waals surface area contributed by atoms with Gasteiger partial charge in [0.2, 0.25) is 0 Å². The van der Waals surface area contributed by atoms with Gasteiger partial charge in [0.1, 0.15) is 0 Å². The van der Waals surface area contributed by atoms with Gasteiger partial charge in [-0.1, -0.05) is 26.0 Å². The minimum absolute atomic E-state index is 0.0571. The summed E-state index contributed by atoms with van der Waals surface area (Å²) in [5, 5.41) is 24.2. The van der Waals surface area contributed by atoms with Crippen LogP contribution in [0.25, 0.3) is 0 Å². The summed E-state index contributed by atoms with van der Waals surface area (Å²) in [6, 6.07) is 5.65. The molecule has 10 heteroatoms. The lowest BCUT2D eigenvalue weighted by atomic mass is 9.86. The van der Waals surface area contributed by atoms with Gasteiger partial charge in [-0.25, -0.2) is 4.79 Å². The molecule has 0 amide bonds. The highest BCUT2D eigenvalue weighted by molar-refractivity contribution is 7.58. The number of hydrogen-bond donors (Lipinski definition) is 2. The lowest BCUT2D eigenvalue weighted by molar-refractivity contribution is -0.384. The van der Waals surface area contributed by atoms with Crippen molar-refractivity contribution in [2.24, 2.45) is 5.41 Å². The number of nitrogens with one attached hydrogen (secondary N) is 1. The van der Waals surface area contributed by atoms with Crippen molar-refractivity contribution in [2.75, 3.05) is 13.2 Å². The quantitative estimate of drug-likeness (QED) is 0.421. The number of carboxylic acids is 1. The molecule has 0 saturated carbocycles. The second kappa shape index (κ2) is 7.40. The van der Waals surface area contributed by atoms with Crippen LogP contribution in [-0.4, -0.2) is 29.2 Å². The van der Waals surface area contributed by atoms with Crippen LogP contribution in [0.3, 0.4) is 0 Å². The molecule has 0 bridgehead atoms. The predicted octanol–water partition coefficient (Wildman–Crippen LogP) is 4.14. The number of nitro groups is 1. The second-order valence-corrected chi connectivity index (χ2v) is 9.97. The van der Waals surface area contributed by atoms with Gasteiger partial charge in [-0.3, -0.25) is 14.7 Å². The minimum atomic E-state index is -3.84. The number of allylic oxidation sites excluding steroid dienone is 3. The molecule has 2 aliphatic rings. The summed E-state index contributed by atoms with van der Waals surface area (Å²) in [6.45, 7) is 7.41. The zero-order valence-corrected chi connectivity index (χ0v) is 17.5. The van der Waals surface area contributed by atoms with Gasteiger partial charge in [-0.2, -0.15) is 0 Å². The molecule has 0 aromatic heterocycles. The summed E-state index contributed by atoms with van der Waals surface area (Å²) in [7, 11) is -3.84. The lowest BCUT2D eigenvalue weighted by Gasteiger charge is -2.39. The Morgan fingerprint density at radius 2 is 1.90 bits per heavy atom. The van der Waals surface area contributed by atoms with E-state index in [2.05, 4.69) is 5.32 Å². The largest absolute Gasteiger partial charge is 0.478 e. The average Bonchev–Trinajstić information content (AvgIpc) is 2.63. The van der Waals surface area contributed by atoms with Gasteiger partial charge in [0.05, 0.1) is 34.9 Å². The van der Waals surface area contributed by atoms with Crippen molar-refractivity contribution in [3.63, 3.8) is 0 Å². The molecular formula is C19H23N2O7P. The summed E-state index contributed by atoms with van der Waals surface area (Å²) in [4.78, 5) is 22.8. The monoisotopic (exact) mass is 422 g/mol. The number of carboxylic acid groups (broad SMARTS) is 1. The fourth-order valence-electron chi connectivity index (χ4n) is 3.51. The van der Waals surface area contributed by atoms with Crippen LogP contribution in [-0.2, 0) is 18.4 Å². The molecule has 1 saturated heterocycles. The maximum absolute atomic E-state index is 13.7. The number of non-ortho nitro benzene ring substituents is 1. The van der Waals surface area contributed by atoms with E-state index in [9.17, 15) is 24.6 Å². The van der Waals surface area contributed by atoms with Crippen LogP contribution in [0.2, 0.25) is 0 Å². The molecule has 156 valence electrons. The molecule has 3 rings (SSSR count). The highest BCUT2D eigenvalue weighted by Crippen LogP contribution is 2.66. The summed E-state index contributed by atoms with van der Waals surface area (Å²) < 4.78 is 25.0. The normalized spacial score (nSPS) is 23.5. The Bertz CT molecular complexity index is 982. The Labute approximate surface area is 168 Å². The number of rotatable bonds is 4. The van der Waals surface area contributed by atoms with E-state index in [0.29, 0.717) is 17.0 Å². The zero-order valence-electron chi connectivity index (χ0n) is 16.6. The number of hydrogen-bond acceptors (Lipinski definition) is 7. The van der Waals surface area contributed by atoms with Crippen LogP contribution in [0.5, 0.6) is 0 Å². The van der Waals surface area contributed by atoms with Crippen LogP contribution < -0.4 is 5.32 Å². The van der Waals surface area contributed by atoms with E-state index in [1.807, 2.05) is 13.8 Å². The summed E-state index contributed by atoms with van der Waals surface area (Å²) in [5.74, 6) is -2.24. The molecule has 2 aliphatic heterocycles. The molecule has 29 heavy (non-hydrogen) atoms. The first kappa shape index (κ1) is 21.2. The van der Waals surface area contributed by atoms with Crippen LogP contribution in [0.1, 0.15) is 39.2 Å². The number of nitro benzene ring substituents is 1. The summed E-state index contributed by atoms with van der Waals surface area (Å²) in [6.07, 6.45) is 0. The molecule has 2 N–H and O–H groups in total. The Morgan fingerprint density at radius 1 is 1.28 bits per heavy atom. The average molecular weight is 422 g/mol. The van der Waals surface area contributed by atoms with E-state index < -0.39 is 24.4 Å². The molecular weight excluding hydrogens is 399 g/mol. The van der Waals surface area contributed by atoms with E-state index in [4.69, 9.17) is 9.05 Å². The van der Waals surface area contributed by atoms with Crippen molar-refractivity contribution in [3.05, 3.63) is 62.2 Å². The molecule has 1 atom stereocenters. The SMILES string of the molecule is CC1=C(C(=O)O)[C@H](c2cccc([N+](=O)[O-])c2)C(P2(=O)OCC(C)(C)CO2)=C(C)N1. The number of carbonyl (C=O) groups is 1. The van der Waals surface area contributed by atoms with Gasteiger partial charge in [-0.05, 0) is 19.4 Å². The van der Waals surface area contributed by atoms with E-state index >= 15 is 0 Å². The fourth-order valence-corrected chi connectivity index (χ4v) is 5.96. The van der Waals surface area contributed by atoms with Crippen LogP contribution >= 0.6 is 7.60 Å². The third-order valence-electron chi connectivity index (χ3n) is 4.92. The molecule has 1 fully saturated rings. The van der Waals surface area contributed by atoms with E-state index in [1.54, 1.807) is 19.9 Å². The predicted molar refractivity (Wildman–Crippen MR) is 105 cm³/mol. The molecule has 0 aliphatic carbocycles. The first-order valence-electron chi connectivity index (χ1n) is 9.01. The smallest absolute Gasteiger partial charge is 0.360 e. The fraction of sp³-hybridized carbons (Fsp3) is 0.421. The Balaban J connectivity index is 2.19. The highest BCUT2D eigenvalue weighted by Gasteiger charge is 2.48. The van der Waals surface area contributed by atoms with Crippen molar-refractivity contribution in [1.29, 1.82) is 0 Å². The first-order chi connectivity index (χ1) is 13.4. The van der Waals surface area contributed by atoms with E-state index in [1.165, 1.54) is 18.2 Å². The topological polar surface area (TPSA) is 128 Å². The Hall–Kier alpha value is -2.48. The van der Waals surface area contributed by atoms with Crippen LogP contribution in [0, 0.1) is 15.5 Å². The number of aliphatic carboxylic acids is 1.